The largest absolute Gasteiger partial charge is 0.478 e. The van der Waals surface area contributed by atoms with Crippen molar-refractivity contribution in [3.8, 4) is 53.0 Å². The van der Waals surface area contributed by atoms with Gasteiger partial charge >= 0.3 is 30.4 Å². The van der Waals surface area contributed by atoms with Crippen molar-refractivity contribution < 1.29 is 81.1 Å². The van der Waals surface area contributed by atoms with Gasteiger partial charge in [-0.2, -0.15) is 8.78 Å². The molecule has 0 aliphatic rings. The van der Waals surface area contributed by atoms with Gasteiger partial charge in [0.05, 0.1) is 85.7 Å². The summed E-state index contributed by atoms with van der Waals surface area (Å²) in [7, 11) is 0. The Kier molecular flexibility index (Phi) is 30.8. The Hall–Kier alpha value is -16.0. The number of aromatic carboxylic acids is 4. The van der Waals surface area contributed by atoms with Gasteiger partial charge in [0, 0.05) is 102 Å². The standard InChI is InChI=1S/C22H17NO3S2.C21H13F3N2O3S.C21H14FNO3S.C21H17N3O3S.C19H15N3OS.CH4/c24-19(11-10-14-6-2-1-3-7-14)23-17-13-28-21(20(17)22(25)26)16-12-27-18-9-5-4-8-15(16)18;22-13-5-3-4-11(8-13)16(27)9-12-10-30-18(17(12)20(28)29)19-25-14-6-1-2-7-15(14)26(19)21(23)24;22-14-5-3-4-12(8-14)18(24)9-13-11-27-20(19(13)21(25)26)16-10-23-17-7-2-1-6-15(16)17;25-17(11-10-13-6-2-1-3-7-13)22-16-12-28-19(18(16)21(26)27)20-23-14-8-4-5-9-15(14)24-20;1-12-5-4-6-13(9-12)19(23)20-14-10-17(24-11-14)18-21-15-7-2-3-8-16(15)22-18;/h1-9,12-13H,10-11H2,(H,23,24)(H,25,26);1-8,10,21H,9H2,(H,28,29);1-8,10-11,23H,9H2,(H,25,26);1-9,12H,10-11H2,(H,22,25)(H,23,24)(H,26,27);2-11H,1H3,(H,20,23)(H,21,22);1H4. The molecule has 0 fully saturated rings. The molecule has 0 spiro atoms. The summed E-state index contributed by atoms with van der Waals surface area (Å²) in [6.07, 6.45) is 3.16. The van der Waals surface area contributed by atoms with Crippen LogP contribution >= 0.6 is 68.0 Å². The Labute approximate surface area is 808 Å². The van der Waals surface area contributed by atoms with Crippen LogP contribution in [0.3, 0.4) is 0 Å². The minimum atomic E-state index is -2.94. The Bertz CT molecular complexity index is 7850. The zero-order chi connectivity index (χ0) is 95.9. The number of anilines is 3. The predicted molar refractivity (Wildman–Crippen MR) is 539 cm³/mol. The molecule has 692 valence electrons. The topological polar surface area (TPSA) is 362 Å². The molecule has 0 aliphatic heterocycles. The fraction of sp³-hybridized carbons (Fsp3) is 0.0857. The fourth-order valence-corrected chi connectivity index (χ4v) is 21.1. The van der Waals surface area contributed by atoms with E-state index >= 15 is 0 Å². The molecule has 10 aromatic heterocycles. The van der Waals surface area contributed by atoms with E-state index in [9.17, 15) is 81.1 Å². The van der Waals surface area contributed by atoms with Gasteiger partial charge in [-0.05, 0) is 144 Å². The number of alkyl halides is 2. The molecule has 0 atom stereocenters. The van der Waals surface area contributed by atoms with Crippen LogP contribution in [-0.4, -0.2) is 108 Å². The maximum absolute atomic E-state index is 13.8. The van der Waals surface area contributed by atoms with E-state index in [2.05, 4.69) is 45.9 Å². The number of hydrogen-bond acceptors (Lipinski definition) is 18. The lowest BCUT2D eigenvalue weighted by Crippen LogP contribution is -2.14. The van der Waals surface area contributed by atoms with E-state index in [0.717, 1.165) is 111 Å². The Morgan fingerprint density at radius 2 is 0.884 bits per heavy atom. The number of nitrogens with one attached hydrogen (secondary N) is 6. The molecule has 23 nitrogen and oxygen atoms in total. The third-order valence-electron chi connectivity index (χ3n) is 21.6. The molecule has 0 saturated carbocycles. The number of carboxylic acid groups (broad SMARTS) is 4. The first-order valence-corrected chi connectivity index (χ1v) is 47.4. The lowest BCUT2D eigenvalue weighted by molar-refractivity contribution is -0.117. The molecule has 0 radical (unpaired) electrons. The van der Waals surface area contributed by atoms with Gasteiger partial charge in [0.2, 0.25) is 11.8 Å². The molecule has 10 aromatic carbocycles. The monoisotopic (exact) mass is 1960 g/mol. The molecule has 0 aliphatic carbocycles. The molecule has 10 N–H and O–H groups in total. The number of benzene rings is 10. The number of aryl methyl sites for hydroxylation is 3. The van der Waals surface area contributed by atoms with Gasteiger partial charge in [-0.15, -0.1) is 68.0 Å². The smallest absolute Gasteiger partial charge is 0.339 e. The molecule has 20 rings (SSSR count). The van der Waals surface area contributed by atoms with E-state index in [4.69, 9.17) is 0 Å². The number of para-hydroxylation sites is 7. The zero-order valence-corrected chi connectivity index (χ0v) is 76.8. The van der Waals surface area contributed by atoms with Crippen LogP contribution in [0.5, 0.6) is 0 Å². The van der Waals surface area contributed by atoms with Gasteiger partial charge in [0.25, 0.3) is 5.91 Å². The van der Waals surface area contributed by atoms with Crippen molar-refractivity contribution in [1.29, 1.82) is 0 Å². The number of ketones is 2. The summed E-state index contributed by atoms with van der Waals surface area (Å²) in [5.41, 5.74) is 12.9. The number of aromatic amines is 3. The number of amides is 3. The number of carbonyl (C=O) groups is 9. The highest BCUT2D eigenvalue weighted by atomic mass is 32.1. The van der Waals surface area contributed by atoms with Crippen molar-refractivity contribution in [3.63, 3.8) is 0 Å². The lowest BCUT2D eigenvalue weighted by Gasteiger charge is -2.08. The minimum Gasteiger partial charge on any atom is -0.478 e. The molecule has 0 saturated heterocycles. The first kappa shape index (κ1) is 96.5. The number of hydrogen-bond donors (Lipinski definition) is 10. The van der Waals surface area contributed by atoms with Gasteiger partial charge in [-0.25, -0.2) is 42.9 Å². The maximum Gasteiger partial charge on any atom is 0.339 e. The number of nitrogens with zero attached hydrogens (tertiary/aromatic N) is 4. The lowest BCUT2D eigenvalue weighted by atomic mass is 9.99. The van der Waals surface area contributed by atoms with Gasteiger partial charge in [0.15, 0.2) is 17.4 Å². The molecule has 10 heterocycles. The number of rotatable bonds is 26. The summed E-state index contributed by atoms with van der Waals surface area (Å²) in [4.78, 5) is 135. The van der Waals surface area contributed by atoms with Crippen molar-refractivity contribution in [2.24, 2.45) is 0 Å². The number of carboxylic acids is 4. The average molecular weight is 1960 g/mol. The second-order valence-electron chi connectivity index (χ2n) is 30.8. The summed E-state index contributed by atoms with van der Waals surface area (Å²) >= 11 is 7.93. The van der Waals surface area contributed by atoms with E-state index in [0.29, 0.717) is 72.3 Å². The highest BCUT2D eigenvalue weighted by molar-refractivity contribution is 7.19. The van der Waals surface area contributed by atoms with Crippen molar-refractivity contribution in [1.82, 2.24) is 34.5 Å². The number of halogens is 4. The number of imidazole rings is 3. The number of aromatic nitrogens is 7. The molecule has 3 amide bonds. The summed E-state index contributed by atoms with van der Waals surface area (Å²) in [6.45, 7) is -0.963. The van der Waals surface area contributed by atoms with Crippen LogP contribution < -0.4 is 16.0 Å². The van der Waals surface area contributed by atoms with E-state index in [1.165, 1.54) is 81.9 Å². The van der Waals surface area contributed by atoms with Crippen LogP contribution in [-0.2, 0) is 35.3 Å². The van der Waals surface area contributed by atoms with E-state index in [1.807, 2.05) is 206 Å². The van der Waals surface area contributed by atoms with Crippen molar-refractivity contribution in [2.45, 2.75) is 59.4 Å². The third-order valence-corrected chi connectivity index (χ3v) is 27.6. The summed E-state index contributed by atoms with van der Waals surface area (Å²) < 4.78 is 56.1. The number of carbonyl (C=O) groups excluding carboxylic acids is 5. The second kappa shape index (κ2) is 44.0. The van der Waals surface area contributed by atoms with Crippen LogP contribution in [0.2, 0.25) is 0 Å². The maximum atomic E-state index is 13.8. The fourth-order valence-electron chi connectivity index (χ4n) is 15.1. The van der Waals surface area contributed by atoms with Crippen molar-refractivity contribution in [3.05, 3.63) is 378 Å². The minimum absolute atomic E-state index is 0. The molecular weight excluding hydrogens is 1880 g/mol. The van der Waals surface area contributed by atoms with E-state index in [1.54, 1.807) is 63.2 Å². The van der Waals surface area contributed by atoms with Gasteiger partial charge in [0.1, 0.15) is 34.4 Å². The molecule has 138 heavy (non-hydrogen) atoms. The van der Waals surface area contributed by atoms with E-state index < -0.39 is 47.8 Å². The number of thiophene rings is 6. The Morgan fingerprint density at radius 3 is 1.45 bits per heavy atom. The van der Waals surface area contributed by atoms with Crippen LogP contribution in [0.15, 0.2) is 299 Å². The molecule has 0 bridgehead atoms. The van der Waals surface area contributed by atoms with Crippen LogP contribution in [0.1, 0.15) is 127 Å². The van der Waals surface area contributed by atoms with Gasteiger partial charge in [-0.3, -0.25) is 28.5 Å². The van der Waals surface area contributed by atoms with Crippen LogP contribution in [0, 0.1) is 18.6 Å². The Balaban J connectivity index is 0.000000131. The normalized spacial score (nSPS) is 10.9. The first-order chi connectivity index (χ1) is 66.3. The highest BCUT2D eigenvalue weighted by Crippen LogP contribution is 2.45. The molecule has 20 aromatic rings. The summed E-state index contributed by atoms with van der Waals surface area (Å²) in [5, 5.41) is 59.8. The van der Waals surface area contributed by atoms with Crippen molar-refractivity contribution in [2.75, 3.05) is 16.0 Å². The number of fused-ring (bicyclic) bond motifs is 5. The third kappa shape index (κ3) is 22.6. The summed E-state index contributed by atoms with van der Waals surface area (Å²) in [5.74, 6) is -5.87. The van der Waals surface area contributed by atoms with Gasteiger partial charge < -0.3 is 51.3 Å². The number of Topliss-reactive ketones (excluding diaryl/α,β-unsaturated/α-hetero) is 2. The average Bonchev–Trinajstić information content (AvgIpc) is 1.61. The molecular formula is C105H80F4N10O13S6. The Morgan fingerprint density at radius 1 is 0.413 bits per heavy atom. The summed E-state index contributed by atoms with van der Waals surface area (Å²) in [6, 6.07) is 76.6. The molecule has 0 unspecified atom stereocenters. The predicted octanol–water partition coefficient (Wildman–Crippen LogP) is 26.5. The second-order valence-corrected chi connectivity index (χ2v) is 36.2. The van der Waals surface area contributed by atoms with Crippen LogP contribution in [0.25, 0.3) is 107 Å². The van der Waals surface area contributed by atoms with Crippen molar-refractivity contribution >= 4 is 192 Å². The molecule has 33 heteroatoms. The quantitative estimate of drug-likeness (QED) is 0.0178. The SMILES string of the molecule is C.Cc1cccc(C(=O)Nc2csc(-c3nc4ccccc4[nH]3)c2)c1.O=C(CCc1ccccc1)Nc1csc(-c2csc3ccccc23)c1C(=O)O.O=C(CCc1ccccc1)Nc1csc(-c2nc3ccccc3[nH]2)c1C(=O)O.O=C(Cc1csc(-c2c[nH]c3ccccc23)c1C(=O)O)c1cccc(F)c1.O=C(Cc1csc(-c2nc3ccccc3n2C(F)F)c1C(=O)O)c1cccc(F)c1. The highest BCUT2D eigenvalue weighted by Gasteiger charge is 2.31. The van der Waals surface area contributed by atoms with Gasteiger partial charge in [-0.1, -0.05) is 183 Å². The zero-order valence-electron chi connectivity index (χ0n) is 71.9. The first-order valence-electron chi connectivity index (χ1n) is 42.1. The van der Waals surface area contributed by atoms with Crippen LogP contribution in [0.4, 0.5) is 34.6 Å². The van der Waals surface area contributed by atoms with E-state index in [-0.39, 0.29) is 105 Å². The number of H-pyrrole nitrogens is 3.